The highest BCUT2D eigenvalue weighted by atomic mass is 32.2. The number of pyridine rings is 1. The van der Waals surface area contributed by atoms with Crippen LogP contribution >= 0.6 is 11.8 Å². The van der Waals surface area contributed by atoms with E-state index in [1.807, 2.05) is 24.2 Å². The van der Waals surface area contributed by atoms with E-state index >= 15 is 0 Å². The monoisotopic (exact) mass is 322 g/mol. The molecule has 1 aromatic rings. The van der Waals surface area contributed by atoms with Crippen LogP contribution in [0, 0.1) is 0 Å². The minimum absolute atomic E-state index is 1.20. The standard InChI is InChI=1S/C19H34N2S/c1-2-3-4-5-6-9-14-20-15-10-7-8-11-18-22-19-12-16-21-17-13-19/h12-13,16-17,20H,2-11,14-15,18H2,1H3. The second kappa shape index (κ2) is 15.4. The number of unbranched alkanes of at least 4 members (excludes halogenated alkanes) is 8. The molecule has 1 heterocycles. The van der Waals surface area contributed by atoms with Crippen molar-refractivity contribution in [3.05, 3.63) is 24.5 Å². The number of rotatable bonds is 15. The van der Waals surface area contributed by atoms with Crippen molar-refractivity contribution in [2.24, 2.45) is 0 Å². The lowest BCUT2D eigenvalue weighted by Crippen LogP contribution is -2.16. The number of hydrogen-bond acceptors (Lipinski definition) is 3. The Morgan fingerprint density at radius 1 is 0.818 bits per heavy atom. The van der Waals surface area contributed by atoms with E-state index in [1.54, 1.807) is 0 Å². The van der Waals surface area contributed by atoms with Crippen molar-refractivity contribution in [3.8, 4) is 0 Å². The molecule has 0 saturated carbocycles. The molecular weight excluding hydrogens is 288 g/mol. The Morgan fingerprint density at radius 3 is 2.09 bits per heavy atom. The van der Waals surface area contributed by atoms with Gasteiger partial charge in [-0.15, -0.1) is 11.8 Å². The van der Waals surface area contributed by atoms with Crippen LogP contribution in [0.5, 0.6) is 0 Å². The van der Waals surface area contributed by atoms with Crippen molar-refractivity contribution < 1.29 is 0 Å². The predicted octanol–water partition coefficient (Wildman–Crippen LogP) is 5.68. The van der Waals surface area contributed by atoms with Gasteiger partial charge < -0.3 is 5.32 Å². The maximum Gasteiger partial charge on any atom is 0.0278 e. The summed E-state index contributed by atoms with van der Waals surface area (Å²) in [7, 11) is 0. The highest BCUT2D eigenvalue weighted by Gasteiger charge is 1.95. The van der Waals surface area contributed by atoms with Crippen LogP contribution in [0.3, 0.4) is 0 Å². The van der Waals surface area contributed by atoms with Crippen LogP contribution in [0.4, 0.5) is 0 Å². The Hall–Kier alpha value is -0.540. The third kappa shape index (κ3) is 12.0. The minimum Gasteiger partial charge on any atom is -0.317 e. The van der Waals surface area contributed by atoms with E-state index < -0.39 is 0 Å². The molecule has 3 heteroatoms. The first-order chi connectivity index (χ1) is 10.9. The SMILES string of the molecule is CCCCCCCCNCCCCCCSc1ccncc1. The van der Waals surface area contributed by atoms with E-state index in [2.05, 4.69) is 29.4 Å². The van der Waals surface area contributed by atoms with E-state index in [9.17, 15) is 0 Å². The Bertz CT molecular complexity index is 329. The molecule has 0 fully saturated rings. The first-order valence-electron chi connectivity index (χ1n) is 9.17. The molecule has 0 bridgehead atoms. The summed E-state index contributed by atoms with van der Waals surface area (Å²) in [5.74, 6) is 1.23. The number of aromatic nitrogens is 1. The summed E-state index contributed by atoms with van der Waals surface area (Å²) in [6.07, 6.45) is 17.5. The van der Waals surface area contributed by atoms with Crippen LogP contribution < -0.4 is 5.32 Å². The summed E-state index contributed by atoms with van der Waals surface area (Å²) in [5, 5.41) is 3.58. The number of nitrogens with zero attached hydrogens (tertiary/aromatic N) is 1. The third-order valence-corrected chi connectivity index (χ3v) is 4.97. The second-order valence-electron chi connectivity index (χ2n) is 5.96. The van der Waals surface area contributed by atoms with E-state index in [0.717, 1.165) is 0 Å². The molecule has 0 amide bonds. The molecule has 0 aliphatic heterocycles. The number of nitrogens with one attached hydrogen (secondary N) is 1. The van der Waals surface area contributed by atoms with E-state index in [-0.39, 0.29) is 0 Å². The van der Waals surface area contributed by atoms with Gasteiger partial charge in [-0.3, -0.25) is 4.98 Å². The van der Waals surface area contributed by atoms with Crippen LogP contribution in [-0.2, 0) is 0 Å². The summed E-state index contributed by atoms with van der Waals surface area (Å²) in [6, 6.07) is 4.19. The molecule has 22 heavy (non-hydrogen) atoms. The van der Waals surface area contributed by atoms with Crippen LogP contribution in [-0.4, -0.2) is 23.8 Å². The Balaban J connectivity index is 1.73. The molecule has 1 rings (SSSR count). The molecule has 0 aliphatic rings. The minimum atomic E-state index is 1.20. The summed E-state index contributed by atoms with van der Waals surface area (Å²) in [5.41, 5.74) is 0. The third-order valence-electron chi connectivity index (χ3n) is 3.87. The van der Waals surface area contributed by atoms with Crippen LogP contribution in [0.2, 0.25) is 0 Å². The zero-order valence-electron chi connectivity index (χ0n) is 14.4. The fourth-order valence-electron chi connectivity index (χ4n) is 2.49. The Kier molecular flexibility index (Phi) is 13.6. The van der Waals surface area contributed by atoms with Crippen molar-refractivity contribution in [1.82, 2.24) is 10.3 Å². The molecule has 0 saturated heterocycles. The second-order valence-corrected chi connectivity index (χ2v) is 7.13. The molecule has 1 aromatic heterocycles. The van der Waals surface area contributed by atoms with Crippen molar-refractivity contribution in [2.45, 2.75) is 76.0 Å². The van der Waals surface area contributed by atoms with Crippen molar-refractivity contribution in [1.29, 1.82) is 0 Å². The van der Waals surface area contributed by atoms with Crippen molar-refractivity contribution in [3.63, 3.8) is 0 Å². The van der Waals surface area contributed by atoms with Gasteiger partial charge in [0.15, 0.2) is 0 Å². The van der Waals surface area contributed by atoms with Gasteiger partial charge in [-0.05, 0) is 50.2 Å². The molecule has 0 radical (unpaired) electrons. The van der Waals surface area contributed by atoms with Crippen LogP contribution in [0.15, 0.2) is 29.4 Å². The largest absolute Gasteiger partial charge is 0.317 e. The van der Waals surface area contributed by atoms with Gasteiger partial charge in [-0.2, -0.15) is 0 Å². The Labute approximate surface area is 141 Å². The summed E-state index contributed by atoms with van der Waals surface area (Å²) in [6.45, 7) is 4.69. The maximum absolute atomic E-state index is 4.04. The molecule has 0 aromatic carbocycles. The molecule has 0 unspecified atom stereocenters. The fraction of sp³-hybridized carbons (Fsp3) is 0.737. The first-order valence-corrected chi connectivity index (χ1v) is 10.2. The van der Waals surface area contributed by atoms with Gasteiger partial charge in [0.05, 0.1) is 0 Å². The molecule has 0 spiro atoms. The quantitative estimate of drug-likeness (QED) is 0.332. The van der Waals surface area contributed by atoms with Gasteiger partial charge in [-0.1, -0.05) is 51.9 Å². The van der Waals surface area contributed by atoms with E-state index in [4.69, 9.17) is 0 Å². The highest BCUT2D eigenvalue weighted by Crippen LogP contribution is 2.18. The zero-order chi connectivity index (χ0) is 15.7. The van der Waals surface area contributed by atoms with Gasteiger partial charge in [0.2, 0.25) is 0 Å². The molecular formula is C19H34N2S. The highest BCUT2D eigenvalue weighted by molar-refractivity contribution is 7.99. The lowest BCUT2D eigenvalue weighted by Gasteiger charge is -2.05. The van der Waals surface area contributed by atoms with Gasteiger partial charge >= 0.3 is 0 Å². The summed E-state index contributed by atoms with van der Waals surface area (Å²) >= 11 is 1.95. The smallest absolute Gasteiger partial charge is 0.0278 e. The van der Waals surface area contributed by atoms with Gasteiger partial charge in [0.1, 0.15) is 0 Å². The average Bonchev–Trinajstić information content (AvgIpc) is 2.56. The van der Waals surface area contributed by atoms with Gasteiger partial charge in [0, 0.05) is 17.3 Å². The average molecular weight is 323 g/mol. The lowest BCUT2D eigenvalue weighted by atomic mass is 10.1. The Morgan fingerprint density at radius 2 is 1.41 bits per heavy atom. The molecule has 0 aliphatic carbocycles. The molecule has 2 nitrogen and oxygen atoms in total. The first kappa shape index (κ1) is 19.5. The molecule has 1 N–H and O–H groups in total. The maximum atomic E-state index is 4.04. The normalized spacial score (nSPS) is 11.0. The summed E-state index contributed by atoms with van der Waals surface area (Å²) in [4.78, 5) is 5.39. The van der Waals surface area contributed by atoms with E-state index in [0.29, 0.717) is 0 Å². The van der Waals surface area contributed by atoms with E-state index in [1.165, 1.54) is 87.9 Å². The number of hydrogen-bond donors (Lipinski definition) is 1. The number of thioether (sulfide) groups is 1. The predicted molar refractivity (Wildman–Crippen MR) is 99.7 cm³/mol. The summed E-state index contributed by atoms with van der Waals surface area (Å²) < 4.78 is 0. The van der Waals surface area contributed by atoms with Crippen molar-refractivity contribution in [2.75, 3.05) is 18.8 Å². The molecule has 126 valence electrons. The van der Waals surface area contributed by atoms with Crippen LogP contribution in [0.25, 0.3) is 0 Å². The van der Waals surface area contributed by atoms with Crippen molar-refractivity contribution >= 4 is 11.8 Å². The fourth-order valence-corrected chi connectivity index (χ4v) is 3.38. The molecule has 0 atom stereocenters. The lowest BCUT2D eigenvalue weighted by molar-refractivity contribution is 0.552. The van der Waals surface area contributed by atoms with Crippen LogP contribution in [0.1, 0.15) is 71.1 Å². The topological polar surface area (TPSA) is 24.9 Å². The van der Waals surface area contributed by atoms with Gasteiger partial charge in [0.25, 0.3) is 0 Å². The van der Waals surface area contributed by atoms with Gasteiger partial charge in [-0.25, -0.2) is 0 Å². The zero-order valence-corrected chi connectivity index (χ0v) is 15.2.